The van der Waals surface area contributed by atoms with E-state index in [0.29, 0.717) is 6.42 Å². The molecule has 7 nitrogen and oxygen atoms in total. The number of benzene rings is 1. The van der Waals surface area contributed by atoms with Gasteiger partial charge < -0.3 is 5.32 Å². The molecular weight excluding hydrogens is 359 g/mol. The first kappa shape index (κ1) is 18.8. The fourth-order valence-corrected chi connectivity index (χ4v) is 5.54. The number of nitrogens with one attached hydrogen (secondary N) is 1. The molecule has 1 aliphatic heterocycles. The highest BCUT2D eigenvalue weighted by Crippen LogP contribution is 2.16. The predicted octanol–water partition coefficient (Wildman–Crippen LogP) is 0.140. The number of rotatable bonds is 6. The Balaban J connectivity index is 2.05. The van der Waals surface area contributed by atoms with Crippen molar-refractivity contribution in [3.05, 3.63) is 30.1 Å². The van der Waals surface area contributed by atoms with Gasteiger partial charge in [-0.2, -0.15) is 4.31 Å². The zero-order chi connectivity index (χ0) is 18.0. The van der Waals surface area contributed by atoms with Gasteiger partial charge in [0.15, 0.2) is 9.84 Å². The maximum Gasteiger partial charge on any atom is 0.243 e. The number of halogens is 1. The molecule has 0 saturated carbocycles. The molecule has 1 atom stereocenters. The van der Waals surface area contributed by atoms with Crippen LogP contribution in [0.5, 0.6) is 0 Å². The van der Waals surface area contributed by atoms with Gasteiger partial charge in [0.2, 0.25) is 15.9 Å². The monoisotopic (exact) mass is 378 g/mol. The van der Waals surface area contributed by atoms with E-state index >= 15 is 0 Å². The van der Waals surface area contributed by atoms with Crippen LogP contribution in [0.4, 0.5) is 4.39 Å². The molecule has 1 heterocycles. The summed E-state index contributed by atoms with van der Waals surface area (Å²) in [5.74, 6) is -1.24. The molecule has 2 rings (SSSR count). The first-order chi connectivity index (χ1) is 11.1. The highest BCUT2D eigenvalue weighted by Gasteiger charge is 2.31. The van der Waals surface area contributed by atoms with Gasteiger partial charge in [-0.05, 0) is 30.7 Å². The Morgan fingerprint density at radius 2 is 1.96 bits per heavy atom. The van der Waals surface area contributed by atoms with Gasteiger partial charge in [-0.15, -0.1) is 0 Å². The largest absolute Gasteiger partial charge is 0.351 e. The van der Waals surface area contributed by atoms with Gasteiger partial charge in [-0.1, -0.05) is 6.92 Å². The van der Waals surface area contributed by atoms with Crippen LogP contribution in [0.1, 0.15) is 13.3 Å². The summed E-state index contributed by atoms with van der Waals surface area (Å²) in [6, 6.07) is 3.84. The number of sulfonamides is 1. The molecule has 1 amide bonds. The Morgan fingerprint density at radius 3 is 2.46 bits per heavy atom. The minimum absolute atomic E-state index is 0.0172. The molecule has 1 N–H and O–H groups in total. The summed E-state index contributed by atoms with van der Waals surface area (Å²) in [5, 5.41) is 2.55. The first-order valence-corrected chi connectivity index (χ1v) is 10.7. The Morgan fingerprint density at radius 1 is 1.33 bits per heavy atom. The van der Waals surface area contributed by atoms with Crippen LogP contribution in [-0.2, 0) is 24.7 Å². The minimum atomic E-state index is -3.93. The van der Waals surface area contributed by atoms with Crippen LogP contribution in [0, 0.1) is 5.82 Å². The Labute approximate surface area is 140 Å². The maximum atomic E-state index is 12.9. The number of likely N-dealkylation sites (N-methyl/N-ethyl adjacent to an activating group) is 1. The number of hydrogen-bond acceptors (Lipinski definition) is 5. The lowest BCUT2D eigenvalue weighted by atomic mass is 10.2. The second kappa shape index (κ2) is 7.16. The third-order valence-electron chi connectivity index (χ3n) is 3.72. The molecule has 134 valence electrons. The molecule has 0 aliphatic carbocycles. The fraction of sp³-hybridized carbons (Fsp3) is 0.500. The average Bonchev–Trinajstić information content (AvgIpc) is 2.83. The van der Waals surface area contributed by atoms with E-state index in [2.05, 4.69) is 5.32 Å². The fourth-order valence-electron chi connectivity index (χ4n) is 2.46. The second-order valence-electron chi connectivity index (χ2n) is 5.55. The van der Waals surface area contributed by atoms with Crippen molar-refractivity contribution in [2.24, 2.45) is 0 Å². The van der Waals surface area contributed by atoms with Gasteiger partial charge in [-0.3, -0.25) is 4.79 Å². The molecule has 0 radical (unpaired) electrons. The molecular formula is C14H19FN2O5S2. The Hall–Kier alpha value is -1.52. The predicted molar refractivity (Wildman–Crippen MR) is 86.0 cm³/mol. The number of nitrogens with zero attached hydrogens (tertiary/aromatic N) is 1. The number of amides is 1. The van der Waals surface area contributed by atoms with Crippen molar-refractivity contribution in [2.75, 3.05) is 24.6 Å². The molecule has 1 aliphatic rings. The molecule has 10 heteroatoms. The molecule has 24 heavy (non-hydrogen) atoms. The van der Waals surface area contributed by atoms with Crippen molar-refractivity contribution in [1.82, 2.24) is 9.62 Å². The van der Waals surface area contributed by atoms with E-state index in [0.717, 1.165) is 28.6 Å². The smallest absolute Gasteiger partial charge is 0.243 e. The number of carbonyl (C=O) groups is 1. The van der Waals surface area contributed by atoms with Gasteiger partial charge >= 0.3 is 0 Å². The third kappa shape index (κ3) is 4.52. The summed E-state index contributed by atoms with van der Waals surface area (Å²) >= 11 is 0. The van der Waals surface area contributed by atoms with Crippen molar-refractivity contribution in [3.8, 4) is 0 Å². The zero-order valence-corrected chi connectivity index (χ0v) is 14.7. The van der Waals surface area contributed by atoms with Gasteiger partial charge in [0, 0.05) is 12.6 Å². The summed E-state index contributed by atoms with van der Waals surface area (Å²) < 4.78 is 61.6. The number of hydrogen-bond donors (Lipinski definition) is 1. The van der Waals surface area contributed by atoms with E-state index in [4.69, 9.17) is 0 Å². The van der Waals surface area contributed by atoms with E-state index < -0.39 is 44.2 Å². The standard InChI is InChI=1S/C14H19FN2O5S2/c1-2-17(24(21,22)13-5-3-11(15)4-6-13)9-14(18)16-12-7-8-23(19,20)10-12/h3-6,12H,2,7-10H2,1H3,(H,16,18)/t12-/m1/s1. The van der Waals surface area contributed by atoms with Crippen molar-refractivity contribution in [3.63, 3.8) is 0 Å². The van der Waals surface area contributed by atoms with Crippen molar-refractivity contribution >= 4 is 25.8 Å². The van der Waals surface area contributed by atoms with Crippen LogP contribution in [0.3, 0.4) is 0 Å². The summed E-state index contributed by atoms with van der Waals surface area (Å²) in [7, 11) is -7.06. The van der Waals surface area contributed by atoms with Crippen LogP contribution in [-0.4, -0.2) is 57.7 Å². The molecule has 1 fully saturated rings. The van der Waals surface area contributed by atoms with Crippen LogP contribution in [0.15, 0.2) is 29.2 Å². The second-order valence-corrected chi connectivity index (χ2v) is 9.72. The highest BCUT2D eigenvalue weighted by molar-refractivity contribution is 7.91. The lowest BCUT2D eigenvalue weighted by molar-refractivity contribution is -0.121. The quantitative estimate of drug-likeness (QED) is 0.759. The Bertz CT molecular complexity index is 806. The summed E-state index contributed by atoms with van der Waals surface area (Å²) in [6.07, 6.45) is 0.324. The van der Waals surface area contributed by atoms with Crippen molar-refractivity contribution in [1.29, 1.82) is 0 Å². The van der Waals surface area contributed by atoms with E-state index in [1.54, 1.807) is 6.92 Å². The molecule has 0 unspecified atom stereocenters. The van der Waals surface area contributed by atoms with E-state index in [1.807, 2.05) is 0 Å². The van der Waals surface area contributed by atoms with Gasteiger partial charge in [0.1, 0.15) is 5.82 Å². The van der Waals surface area contributed by atoms with Gasteiger partial charge in [-0.25, -0.2) is 21.2 Å². The lowest BCUT2D eigenvalue weighted by Gasteiger charge is -2.21. The molecule has 1 aromatic rings. The third-order valence-corrected chi connectivity index (χ3v) is 7.42. The molecule has 1 aromatic carbocycles. The summed E-state index contributed by atoms with van der Waals surface area (Å²) in [5.41, 5.74) is 0. The van der Waals surface area contributed by atoms with Gasteiger partial charge in [0.25, 0.3) is 0 Å². The highest BCUT2D eigenvalue weighted by atomic mass is 32.2. The number of sulfone groups is 1. The average molecular weight is 378 g/mol. The van der Waals surface area contributed by atoms with Crippen LogP contribution in [0.2, 0.25) is 0 Å². The van der Waals surface area contributed by atoms with E-state index in [-0.39, 0.29) is 22.9 Å². The van der Waals surface area contributed by atoms with Crippen molar-refractivity contribution < 1.29 is 26.0 Å². The molecule has 1 saturated heterocycles. The lowest BCUT2D eigenvalue weighted by Crippen LogP contribution is -2.44. The SMILES string of the molecule is CCN(CC(=O)N[C@@H]1CCS(=O)(=O)C1)S(=O)(=O)c1ccc(F)cc1. The minimum Gasteiger partial charge on any atom is -0.351 e. The zero-order valence-electron chi connectivity index (χ0n) is 13.1. The first-order valence-electron chi connectivity index (χ1n) is 7.39. The van der Waals surface area contributed by atoms with E-state index in [1.165, 1.54) is 0 Å². The summed E-state index contributed by atoms with van der Waals surface area (Å²) in [4.78, 5) is 11.9. The maximum absolute atomic E-state index is 12.9. The topological polar surface area (TPSA) is 101 Å². The normalized spacial score (nSPS) is 20.2. The number of carbonyl (C=O) groups excluding carboxylic acids is 1. The van der Waals surface area contributed by atoms with Crippen LogP contribution in [0.25, 0.3) is 0 Å². The summed E-state index contributed by atoms with van der Waals surface area (Å²) in [6.45, 7) is 1.21. The molecule has 0 bridgehead atoms. The molecule has 0 aromatic heterocycles. The van der Waals surface area contributed by atoms with Crippen molar-refractivity contribution in [2.45, 2.75) is 24.3 Å². The van der Waals surface area contributed by atoms with E-state index in [9.17, 15) is 26.0 Å². The Kier molecular flexibility index (Phi) is 5.61. The van der Waals surface area contributed by atoms with Gasteiger partial charge in [0.05, 0.1) is 22.9 Å². The van der Waals surface area contributed by atoms with Crippen LogP contribution < -0.4 is 5.32 Å². The van der Waals surface area contributed by atoms with Crippen LogP contribution >= 0.6 is 0 Å². The molecule has 0 spiro atoms.